The Hall–Kier alpha value is -1.98. The van der Waals surface area contributed by atoms with Crippen LogP contribution >= 0.6 is 15.9 Å². The fourth-order valence-corrected chi connectivity index (χ4v) is 5.09. The molecule has 0 saturated carbocycles. The summed E-state index contributed by atoms with van der Waals surface area (Å²) in [6, 6.07) is 7.41. The van der Waals surface area contributed by atoms with Crippen molar-refractivity contribution in [3.8, 4) is 5.75 Å². The normalized spacial score (nSPS) is 28.1. The van der Waals surface area contributed by atoms with Crippen molar-refractivity contribution < 1.29 is 19.4 Å². The fourth-order valence-electron chi connectivity index (χ4n) is 3.84. The van der Waals surface area contributed by atoms with Crippen molar-refractivity contribution in [1.29, 1.82) is 0 Å². The van der Waals surface area contributed by atoms with Crippen molar-refractivity contribution in [3.63, 3.8) is 0 Å². The lowest BCUT2D eigenvalue weighted by molar-refractivity contribution is -0.128. The van der Waals surface area contributed by atoms with Crippen LogP contribution in [0.5, 0.6) is 5.75 Å². The van der Waals surface area contributed by atoms with Gasteiger partial charge in [0.2, 0.25) is 0 Å². The molecule has 26 heavy (non-hydrogen) atoms. The van der Waals surface area contributed by atoms with Crippen molar-refractivity contribution in [2.24, 2.45) is 5.92 Å². The number of halogens is 1. The fraction of sp³-hybridized carbons (Fsp3) is 0.333. The van der Waals surface area contributed by atoms with E-state index in [0.29, 0.717) is 17.7 Å². The number of rotatable bonds is 5. The second-order valence-electron chi connectivity index (χ2n) is 6.60. The molecule has 0 radical (unpaired) electrons. The second kappa shape index (κ2) is 7.33. The minimum atomic E-state index is -1.01. The average Bonchev–Trinajstić information content (AvgIpc) is 2.64. The van der Waals surface area contributed by atoms with Gasteiger partial charge >= 0.3 is 0 Å². The Labute approximate surface area is 161 Å². The lowest BCUT2D eigenvalue weighted by atomic mass is 9.62. The molecule has 5 heteroatoms. The third-order valence-corrected chi connectivity index (χ3v) is 6.44. The molecule has 0 unspecified atom stereocenters. The lowest BCUT2D eigenvalue weighted by Crippen LogP contribution is -2.53. The number of fused-ring (bicyclic) bond motifs is 1. The SMILES string of the molecule is C=CC1=CC[C@H]2C(=O)C=C(C)C(=O)[C@@]2(Br)[C@H]1c1ccc(OCCO)cc1. The van der Waals surface area contributed by atoms with E-state index in [0.717, 1.165) is 11.1 Å². The number of benzene rings is 1. The van der Waals surface area contributed by atoms with E-state index in [-0.39, 0.29) is 30.7 Å². The highest BCUT2D eigenvalue weighted by Gasteiger charge is 2.56. The van der Waals surface area contributed by atoms with Crippen LogP contribution in [0.3, 0.4) is 0 Å². The third kappa shape index (κ3) is 2.99. The van der Waals surface area contributed by atoms with Gasteiger partial charge in [0.1, 0.15) is 16.7 Å². The Kier molecular flexibility index (Phi) is 5.30. The molecule has 1 aromatic carbocycles. The van der Waals surface area contributed by atoms with Gasteiger partial charge in [-0.15, -0.1) is 0 Å². The summed E-state index contributed by atoms with van der Waals surface area (Å²) in [5, 5.41) is 8.87. The summed E-state index contributed by atoms with van der Waals surface area (Å²) < 4.78 is 4.41. The molecule has 136 valence electrons. The smallest absolute Gasteiger partial charge is 0.177 e. The van der Waals surface area contributed by atoms with Crippen LogP contribution in [0.1, 0.15) is 24.8 Å². The zero-order valence-corrected chi connectivity index (χ0v) is 16.2. The Morgan fingerprint density at radius 1 is 1.35 bits per heavy atom. The van der Waals surface area contributed by atoms with Crippen LogP contribution < -0.4 is 4.74 Å². The number of carbonyl (C=O) groups excluding carboxylic acids is 2. The van der Waals surface area contributed by atoms with Crippen LogP contribution in [0.15, 0.2) is 60.2 Å². The van der Waals surface area contributed by atoms with Gasteiger partial charge in [0.15, 0.2) is 11.6 Å². The van der Waals surface area contributed by atoms with Crippen LogP contribution in [0, 0.1) is 5.92 Å². The Balaban J connectivity index is 2.07. The zero-order chi connectivity index (χ0) is 18.9. The van der Waals surface area contributed by atoms with Crippen LogP contribution in [0.2, 0.25) is 0 Å². The average molecular weight is 417 g/mol. The highest BCUT2D eigenvalue weighted by molar-refractivity contribution is 9.10. The predicted molar refractivity (Wildman–Crippen MR) is 104 cm³/mol. The molecule has 0 aromatic heterocycles. The topological polar surface area (TPSA) is 63.6 Å². The molecule has 2 aliphatic rings. The molecule has 1 N–H and O–H groups in total. The Morgan fingerprint density at radius 3 is 2.65 bits per heavy atom. The van der Waals surface area contributed by atoms with E-state index in [1.54, 1.807) is 13.0 Å². The third-order valence-electron chi connectivity index (χ3n) is 5.07. The standard InChI is InChI=1S/C21H21BrO4/c1-3-14-6-9-17-18(24)12-13(2)20(25)21(17,22)19(14)15-4-7-16(8-5-15)26-11-10-23/h3-8,12,17,19,23H,1,9-11H2,2H3/t17-,19+,21-/m0/s1. The van der Waals surface area contributed by atoms with Crippen molar-refractivity contribution in [2.45, 2.75) is 23.6 Å². The van der Waals surface area contributed by atoms with Crippen molar-refractivity contribution >= 4 is 27.5 Å². The molecule has 1 aromatic rings. The van der Waals surface area contributed by atoms with E-state index in [1.165, 1.54) is 6.08 Å². The summed E-state index contributed by atoms with van der Waals surface area (Å²) in [4.78, 5) is 25.7. The Bertz CT molecular complexity index is 806. The van der Waals surface area contributed by atoms with E-state index in [1.807, 2.05) is 30.3 Å². The first kappa shape index (κ1) is 18.8. The lowest BCUT2D eigenvalue weighted by Gasteiger charge is -2.45. The van der Waals surface area contributed by atoms with E-state index in [9.17, 15) is 9.59 Å². The number of ether oxygens (including phenoxy) is 1. The second-order valence-corrected chi connectivity index (χ2v) is 7.91. The molecule has 4 nitrogen and oxygen atoms in total. The van der Waals surface area contributed by atoms with Gasteiger partial charge in [0, 0.05) is 11.8 Å². The maximum Gasteiger partial charge on any atom is 0.177 e. The number of carbonyl (C=O) groups is 2. The van der Waals surface area contributed by atoms with Crippen molar-refractivity contribution in [3.05, 3.63) is 65.8 Å². The minimum Gasteiger partial charge on any atom is -0.491 e. The number of hydrogen-bond acceptors (Lipinski definition) is 4. The van der Waals surface area contributed by atoms with Gasteiger partial charge in [-0.05, 0) is 48.3 Å². The molecule has 3 rings (SSSR count). The summed E-state index contributed by atoms with van der Waals surface area (Å²) in [7, 11) is 0. The maximum absolute atomic E-state index is 13.1. The molecule has 0 heterocycles. The zero-order valence-electron chi connectivity index (χ0n) is 14.6. The van der Waals surface area contributed by atoms with Crippen LogP contribution in [0.4, 0.5) is 0 Å². The number of Topliss-reactive ketones (excluding diaryl/α,β-unsaturated/α-hetero) is 1. The molecule has 0 amide bonds. The van der Waals surface area contributed by atoms with E-state index < -0.39 is 10.2 Å². The van der Waals surface area contributed by atoms with Gasteiger partial charge in [-0.3, -0.25) is 9.59 Å². The quantitative estimate of drug-likeness (QED) is 0.745. The first-order valence-corrected chi connectivity index (χ1v) is 9.34. The van der Waals surface area contributed by atoms with Gasteiger partial charge in [-0.2, -0.15) is 0 Å². The highest BCUT2D eigenvalue weighted by Crippen LogP contribution is 2.54. The molecule has 0 bridgehead atoms. The first-order valence-electron chi connectivity index (χ1n) is 8.55. The number of aliphatic hydroxyl groups excluding tert-OH is 1. The summed E-state index contributed by atoms with van der Waals surface area (Å²) in [6.45, 7) is 5.76. The summed E-state index contributed by atoms with van der Waals surface area (Å²) in [5.41, 5.74) is 2.31. The molecule has 0 spiro atoms. The molecule has 3 atom stereocenters. The van der Waals surface area contributed by atoms with Crippen LogP contribution in [0.25, 0.3) is 0 Å². The monoisotopic (exact) mass is 416 g/mol. The number of hydrogen-bond donors (Lipinski definition) is 1. The summed E-state index contributed by atoms with van der Waals surface area (Å²) >= 11 is 3.70. The van der Waals surface area contributed by atoms with E-state index >= 15 is 0 Å². The van der Waals surface area contributed by atoms with Gasteiger partial charge in [0.05, 0.1) is 6.61 Å². The molecule has 0 aliphatic heterocycles. The minimum absolute atomic E-state index is 0.0220. The van der Waals surface area contributed by atoms with Crippen molar-refractivity contribution in [2.75, 3.05) is 13.2 Å². The Morgan fingerprint density at radius 2 is 2.04 bits per heavy atom. The van der Waals surface area contributed by atoms with Gasteiger partial charge in [0.25, 0.3) is 0 Å². The van der Waals surface area contributed by atoms with E-state index in [2.05, 4.69) is 22.5 Å². The number of allylic oxidation sites excluding steroid dienone is 5. The summed E-state index contributed by atoms with van der Waals surface area (Å²) in [5.74, 6) is -0.181. The van der Waals surface area contributed by atoms with Crippen LogP contribution in [-0.2, 0) is 9.59 Å². The number of ketones is 2. The van der Waals surface area contributed by atoms with Crippen LogP contribution in [-0.4, -0.2) is 34.2 Å². The molecule has 2 aliphatic carbocycles. The maximum atomic E-state index is 13.1. The number of aliphatic hydroxyl groups is 1. The molecular weight excluding hydrogens is 396 g/mol. The first-order chi connectivity index (χ1) is 12.4. The molecular formula is C21H21BrO4. The summed E-state index contributed by atoms with van der Waals surface area (Å²) in [6.07, 6.45) is 5.72. The van der Waals surface area contributed by atoms with E-state index in [4.69, 9.17) is 9.84 Å². The largest absolute Gasteiger partial charge is 0.491 e. The highest BCUT2D eigenvalue weighted by atomic mass is 79.9. The number of alkyl halides is 1. The van der Waals surface area contributed by atoms with Gasteiger partial charge in [-0.1, -0.05) is 46.8 Å². The van der Waals surface area contributed by atoms with Gasteiger partial charge in [-0.25, -0.2) is 0 Å². The molecule has 0 fully saturated rings. The predicted octanol–water partition coefficient (Wildman–Crippen LogP) is 3.51. The molecule has 0 saturated heterocycles. The van der Waals surface area contributed by atoms with Crippen molar-refractivity contribution in [1.82, 2.24) is 0 Å². The van der Waals surface area contributed by atoms with Gasteiger partial charge < -0.3 is 9.84 Å².